The van der Waals surface area contributed by atoms with Crippen molar-refractivity contribution in [3.8, 4) is 11.1 Å². The van der Waals surface area contributed by atoms with Crippen LogP contribution in [-0.2, 0) is 30.0 Å². The van der Waals surface area contributed by atoms with Gasteiger partial charge in [0, 0.05) is 61.2 Å². The van der Waals surface area contributed by atoms with Gasteiger partial charge in [0.15, 0.2) is 5.65 Å². The van der Waals surface area contributed by atoms with Crippen molar-refractivity contribution in [3.63, 3.8) is 0 Å². The molecule has 0 N–H and O–H groups in total. The first-order chi connectivity index (χ1) is 12.8. The second-order valence-corrected chi connectivity index (χ2v) is 9.54. The van der Waals surface area contributed by atoms with Crippen LogP contribution in [-0.4, -0.2) is 44.8 Å². The third-order valence-corrected chi connectivity index (χ3v) is 6.94. The van der Waals surface area contributed by atoms with E-state index in [4.69, 9.17) is 0 Å². The Kier molecular flexibility index (Phi) is 4.47. The maximum absolute atomic E-state index is 12.6. The minimum Gasteiger partial charge on any atom is -0.275 e. The Morgan fingerprint density at radius 1 is 1.19 bits per heavy atom. The lowest BCUT2D eigenvalue weighted by molar-refractivity contribution is 0.385. The molecule has 0 aromatic carbocycles. The van der Waals surface area contributed by atoms with Crippen molar-refractivity contribution in [1.29, 1.82) is 0 Å². The van der Waals surface area contributed by atoms with Gasteiger partial charge in [-0.25, -0.2) is 18.4 Å². The molecule has 0 radical (unpaired) electrons. The maximum Gasteiger partial charge on any atom is 0.214 e. The van der Waals surface area contributed by atoms with Gasteiger partial charge in [0.1, 0.15) is 0 Å². The molecule has 0 saturated heterocycles. The van der Waals surface area contributed by atoms with Crippen LogP contribution in [0.5, 0.6) is 0 Å². The van der Waals surface area contributed by atoms with Gasteiger partial charge >= 0.3 is 0 Å². The number of aromatic nitrogens is 4. The summed E-state index contributed by atoms with van der Waals surface area (Å²) in [6, 6.07) is 4.07. The maximum atomic E-state index is 12.6. The third-order valence-electron chi connectivity index (χ3n) is 4.76. The summed E-state index contributed by atoms with van der Waals surface area (Å²) in [5.41, 5.74) is 4.56. The summed E-state index contributed by atoms with van der Waals surface area (Å²) in [4.78, 5) is 9.18. The Labute approximate surface area is 159 Å². The lowest BCUT2D eigenvalue weighted by atomic mass is 10.0. The minimum atomic E-state index is -3.25. The molecule has 0 amide bonds. The number of hydrogen-bond donors (Lipinski definition) is 0. The first kappa shape index (κ1) is 18.1. The number of nitrogens with zero attached hydrogens (tertiary/aromatic N) is 5. The van der Waals surface area contributed by atoms with E-state index >= 15 is 0 Å². The fourth-order valence-electron chi connectivity index (χ4n) is 3.49. The highest BCUT2D eigenvalue weighted by Gasteiger charge is 2.28. The van der Waals surface area contributed by atoms with E-state index in [9.17, 15) is 8.42 Å². The zero-order valence-corrected chi connectivity index (χ0v) is 16.6. The highest BCUT2D eigenvalue weighted by atomic mass is 32.2. The summed E-state index contributed by atoms with van der Waals surface area (Å²) in [5.74, 6) is 0.285. The molecule has 3 aromatic heterocycles. The van der Waals surface area contributed by atoms with Gasteiger partial charge in [-0.1, -0.05) is 13.8 Å². The van der Waals surface area contributed by atoms with Crippen LogP contribution in [0.15, 0.2) is 30.7 Å². The monoisotopic (exact) mass is 385 g/mol. The van der Waals surface area contributed by atoms with Gasteiger partial charge in [-0.2, -0.15) is 9.40 Å². The molecule has 1 aliphatic rings. The Bertz CT molecular complexity index is 1100. The fourth-order valence-corrected chi connectivity index (χ4v) is 5.25. The molecule has 27 heavy (non-hydrogen) atoms. The van der Waals surface area contributed by atoms with Gasteiger partial charge in [-0.15, -0.1) is 0 Å². The summed E-state index contributed by atoms with van der Waals surface area (Å²) in [6.45, 7) is 4.71. The van der Waals surface area contributed by atoms with E-state index in [1.165, 1.54) is 0 Å². The highest BCUT2D eigenvalue weighted by molar-refractivity contribution is 7.89. The molecular formula is C19H23N5O2S. The normalized spacial score (nSPS) is 15.4. The van der Waals surface area contributed by atoms with Crippen molar-refractivity contribution >= 4 is 21.1 Å². The molecule has 1 aliphatic heterocycles. The van der Waals surface area contributed by atoms with Crippen molar-refractivity contribution in [3.05, 3.63) is 42.0 Å². The zero-order chi connectivity index (χ0) is 19.2. The topological polar surface area (TPSA) is 81.0 Å². The number of fused-ring (bicyclic) bond motifs is 2. The molecule has 4 rings (SSSR count). The quantitative estimate of drug-likeness (QED) is 0.689. The zero-order valence-electron chi connectivity index (χ0n) is 15.8. The Morgan fingerprint density at radius 3 is 2.70 bits per heavy atom. The van der Waals surface area contributed by atoms with Gasteiger partial charge in [-0.3, -0.25) is 4.68 Å². The van der Waals surface area contributed by atoms with Crippen molar-refractivity contribution in [2.75, 3.05) is 12.3 Å². The van der Waals surface area contributed by atoms with Crippen LogP contribution in [0.1, 0.15) is 25.1 Å². The summed E-state index contributed by atoms with van der Waals surface area (Å²) in [7, 11) is -1.37. The predicted molar refractivity (Wildman–Crippen MR) is 104 cm³/mol. The van der Waals surface area contributed by atoms with Crippen LogP contribution in [0.2, 0.25) is 0 Å². The Balaban J connectivity index is 1.69. The number of sulfonamides is 1. The van der Waals surface area contributed by atoms with Gasteiger partial charge in [0.25, 0.3) is 0 Å². The fraction of sp³-hybridized carbons (Fsp3) is 0.421. The van der Waals surface area contributed by atoms with Gasteiger partial charge in [-0.05, 0) is 23.6 Å². The third kappa shape index (κ3) is 3.59. The van der Waals surface area contributed by atoms with Crippen molar-refractivity contribution in [2.45, 2.75) is 26.8 Å². The summed E-state index contributed by atoms with van der Waals surface area (Å²) >= 11 is 0. The molecule has 8 heteroatoms. The number of aryl methyl sites for hydroxylation is 1. The van der Waals surface area contributed by atoms with E-state index in [1.54, 1.807) is 21.4 Å². The molecule has 0 saturated carbocycles. The van der Waals surface area contributed by atoms with Gasteiger partial charge in [0.05, 0.1) is 11.9 Å². The summed E-state index contributed by atoms with van der Waals surface area (Å²) in [5, 5.41) is 5.12. The second kappa shape index (κ2) is 6.69. The lowest BCUT2D eigenvalue weighted by Gasteiger charge is -2.28. The van der Waals surface area contributed by atoms with Crippen LogP contribution in [0, 0.1) is 5.92 Å². The average molecular weight is 385 g/mol. The lowest BCUT2D eigenvalue weighted by Crippen LogP contribution is -2.38. The van der Waals surface area contributed by atoms with Crippen LogP contribution in [0.3, 0.4) is 0 Å². The van der Waals surface area contributed by atoms with Crippen LogP contribution in [0.4, 0.5) is 0 Å². The van der Waals surface area contributed by atoms with Crippen LogP contribution in [0.25, 0.3) is 22.2 Å². The molecule has 3 aromatic rings. The molecule has 0 unspecified atom stereocenters. The van der Waals surface area contributed by atoms with Gasteiger partial charge in [0.2, 0.25) is 10.0 Å². The van der Waals surface area contributed by atoms with E-state index in [2.05, 4.69) is 15.1 Å². The van der Waals surface area contributed by atoms with Gasteiger partial charge < -0.3 is 0 Å². The molecule has 0 aliphatic carbocycles. The van der Waals surface area contributed by atoms with Crippen molar-refractivity contribution in [1.82, 2.24) is 24.1 Å². The number of rotatable bonds is 4. The van der Waals surface area contributed by atoms with E-state index in [0.717, 1.165) is 27.8 Å². The Morgan fingerprint density at radius 2 is 2.00 bits per heavy atom. The molecule has 0 fully saturated rings. The summed E-state index contributed by atoms with van der Waals surface area (Å²) < 4.78 is 28.5. The number of hydrogen-bond acceptors (Lipinski definition) is 5. The predicted octanol–water partition coefficient (Wildman–Crippen LogP) is 2.37. The minimum absolute atomic E-state index is 0.109. The SMILES string of the molecule is CC(C)CS(=O)(=O)N1CCc2nc3ncc(-c4cnn(C)c4)cc3cc2C1. The van der Waals surface area contributed by atoms with E-state index in [-0.39, 0.29) is 11.7 Å². The van der Waals surface area contributed by atoms with E-state index < -0.39 is 10.0 Å². The molecule has 142 valence electrons. The molecular weight excluding hydrogens is 362 g/mol. The smallest absolute Gasteiger partial charge is 0.214 e. The van der Waals surface area contributed by atoms with Crippen molar-refractivity contribution in [2.24, 2.45) is 13.0 Å². The molecule has 7 nitrogen and oxygen atoms in total. The second-order valence-electron chi connectivity index (χ2n) is 7.52. The van der Waals surface area contributed by atoms with E-state index in [0.29, 0.717) is 25.2 Å². The molecule has 0 spiro atoms. The Hall–Kier alpha value is -2.32. The number of pyridine rings is 2. The standard InChI is InChI=1S/C19H23N5O2S/c1-13(2)12-27(25,26)24-5-4-18-16(11-24)7-14-6-15(8-20-19(14)22-18)17-9-21-23(3)10-17/h6-10,13H,4-5,11-12H2,1-3H3. The molecule has 0 bridgehead atoms. The largest absolute Gasteiger partial charge is 0.275 e. The highest BCUT2D eigenvalue weighted by Crippen LogP contribution is 2.27. The first-order valence-corrected chi connectivity index (χ1v) is 10.7. The average Bonchev–Trinajstić information content (AvgIpc) is 3.04. The van der Waals surface area contributed by atoms with Crippen LogP contribution >= 0.6 is 0 Å². The first-order valence-electron chi connectivity index (χ1n) is 9.07. The van der Waals surface area contributed by atoms with Crippen LogP contribution < -0.4 is 0 Å². The van der Waals surface area contributed by atoms with E-state index in [1.807, 2.05) is 39.2 Å². The molecule has 4 heterocycles. The molecule has 0 atom stereocenters. The summed E-state index contributed by atoms with van der Waals surface area (Å²) in [6.07, 6.45) is 6.17. The van der Waals surface area contributed by atoms with Crippen molar-refractivity contribution < 1.29 is 8.42 Å².